The number of esters is 1. The molecule has 1 unspecified atom stereocenters. The summed E-state index contributed by atoms with van der Waals surface area (Å²) >= 11 is 0. The van der Waals surface area contributed by atoms with Crippen LogP contribution in [0.2, 0.25) is 0 Å². The summed E-state index contributed by atoms with van der Waals surface area (Å²) in [6.07, 6.45) is 7.47. The van der Waals surface area contributed by atoms with E-state index in [0.717, 1.165) is 19.3 Å². The largest absolute Gasteiger partial charge is 0.467 e. The predicted octanol–water partition coefficient (Wildman–Crippen LogP) is 1.66. The first-order valence-corrected chi connectivity index (χ1v) is 14.1. The molecule has 2 saturated heterocycles. The van der Waals surface area contributed by atoms with Crippen molar-refractivity contribution >= 4 is 29.8 Å². The summed E-state index contributed by atoms with van der Waals surface area (Å²) in [7, 11) is 1.25. The molecule has 0 aromatic heterocycles. The molecule has 4 amide bonds. The molecule has 0 aromatic carbocycles. The number of carbonyl (C=O) groups excluding carboxylic acids is 5. The second kappa shape index (κ2) is 12.0. The Morgan fingerprint density at radius 2 is 1.85 bits per heavy atom. The van der Waals surface area contributed by atoms with Crippen molar-refractivity contribution < 1.29 is 33.4 Å². The lowest BCUT2D eigenvalue weighted by atomic mass is 9.81. The molecule has 4 rings (SSSR count). The van der Waals surface area contributed by atoms with Crippen molar-refractivity contribution in [2.75, 3.05) is 20.2 Å². The molecule has 11 nitrogen and oxygen atoms in total. The molecule has 39 heavy (non-hydrogen) atoms. The molecule has 1 saturated carbocycles. The van der Waals surface area contributed by atoms with E-state index in [1.54, 1.807) is 25.7 Å². The first-order valence-electron chi connectivity index (χ1n) is 14.1. The molecular weight excluding hydrogens is 504 g/mol. The third-order valence-corrected chi connectivity index (χ3v) is 8.36. The van der Waals surface area contributed by atoms with E-state index in [9.17, 15) is 24.0 Å². The molecule has 0 spiro atoms. The highest BCUT2D eigenvalue weighted by molar-refractivity contribution is 5.94. The fraction of sp³-hybridized carbons (Fsp3) is 0.750. The van der Waals surface area contributed by atoms with Crippen molar-refractivity contribution in [2.24, 2.45) is 23.7 Å². The Labute approximate surface area is 229 Å². The predicted molar refractivity (Wildman–Crippen MR) is 141 cm³/mol. The third-order valence-electron chi connectivity index (χ3n) is 8.36. The number of amides is 4. The molecular formula is C28H42N4O7. The van der Waals surface area contributed by atoms with Crippen LogP contribution in [0.5, 0.6) is 0 Å². The molecule has 11 heteroatoms. The van der Waals surface area contributed by atoms with Crippen LogP contribution in [0, 0.1) is 23.7 Å². The van der Waals surface area contributed by atoms with Gasteiger partial charge in [-0.2, -0.15) is 0 Å². The van der Waals surface area contributed by atoms with Gasteiger partial charge in [-0.25, -0.2) is 9.59 Å². The van der Waals surface area contributed by atoms with Gasteiger partial charge in [0.15, 0.2) is 0 Å². The number of piperidine rings is 1. The minimum Gasteiger partial charge on any atom is -0.467 e. The van der Waals surface area contributed by atoms with Gasteiger partial charge in [0.05, 0.1) is 7.11 Å². The molecule has 4 aliphatic rings. The first kappa shape index (κ1) is 28.9. The Morgan fingerprint density at radius 3 is 2.56 bits per heavy atom. The highest BCUT2D eigenvalue weighted by atomic mass is 16.6. The van der Waals surface area contributed by atoms with Gasteiger partial charge in [-0.3, -0.25) is 14.4 Å². The minimum absolute atomic E-state index is 0.0343. The highest BCUT2D eigenvalue weighted by Gasteiger charge is 2.51. The molecule has 0 radical (unpaired) electrons. The Hall–Kier alpha value is -3.11. The van der Waals surface area contributed by atoms with E-state index in [1.165, 1.54) is 7.11 Å². The molecule has 3 heterocycles. The standard InChI is InChI=1S/C28H42N4O7/c1-28(2,3)39-27(37)31-20-11-6-5-8-16-12-13-29-23(33)19(16)14-21(26(36)38-4)30-24(34)22-18-10-7-9-17(18)15-32(22)25(20)35/h5,8,16-22H,6-7,9-15H2,1-4H3,(H,29,33)(H,30,34)(H,31,37)/b8-5-/t16-,17-,18-,19?,20-,21-,22-/m0/s1. The van der Waals surface area contributed by atoms with E-state index in [0.29, 0.717) is 32.4 Å². The maximum absolute atomic E-state index is 13.9. The fourth-order valence-corrected chi connectivity index (χ4v) is 6.58. The van der Waals surface area contributed by atoms with Crippen LogP contribution in [0.25, 0.3) is 0 Å². The van der Waals surface area contributed by atoms with E-state index in [1.807, 2.05) is 12.2 Å². The lowest BCUT2D eigenvalue weighted by Gasteiger charge is -2.34. The quantitative estimate of drug-likeness (QED) is 0.353. The zero-order valence-electron chi connectivity index (χ0n) is 23.4. The number of methoxy groups -OCH3 is 1. The van der Waals surface area contributed by atoms with Crippen molar-refractivity contribution in [1.29, 1.82) is 0 Å². The third kappa shape index (κ3) is 6.73. The summed E-state index contributed by atoms with van der Waals surface area (Å²) in [6.45, 7) is 6.18. The Bertz CT molecular complexity index is 1010. The molecule has 7 atom stereocenters. The molecule has 216 valence electrons. The van der Waals surface area contributed by atoms with Crippen molar-refractivity contribution in [3.05, 3.63) is 12.2 Å². The zero-order valence-corrected chi connectivity index (χ0v) is 23.4. The topological polar surface area (TPSA) is 143 Å². The minimum atomic E-state index is -1.02. The summed E-state index contributed by atoms with van der Waals surface area (Å²) in [4.78, 5) is 67.6. The average molecular weight is 547 g/mol. The summed E-state index contributed by atoms with van der Waals surface area (Å²) in [5.74, 6) is -2.06. The van der Waals surface area contributed by atoms with Crippen LogP contribution < -0.4 is 16.0 Å². The Morgan fingerprint density at radius 1 is 1.08 bits per heavy atom. The Kier molecular flexibility index (Phi) is 8.86. The van der Waals surface area contributed by atoms with Gasteiger partial charge in [-0.15, -0.1) is 0 Å². The van der Waals surface area contributed by atoms with Crippen LogP contribution in [-0.4, -0.2) is 78.6 Å². The van der Waals surface area contributed by atoms with E-state index < -0.39 is 47.6 Å². The lowest BCUT2D eigenvalue weighted by molar-refractivity contribution is -0.148. The van der Waals surface area contributed by atoms with Crippen molar-refractivity contribution in [1.82, 2.24) is 20.9 Å². The number of rotatable bonds is 2. The number of allylic oxidation sites excluding steroid dienone is 2. The van der Waals surface area contributed by atoms with Gasteiger partial charge >= 0.3 is 12.1 Å². The SMILES string of the molecule is COC(=O)[C@@H]1CC2C(=O)NCC[C@@H]2/C=C\CC[C@H](NC(=O)OC(C)(C)C)C(=O)N2C[C@@H]3CCC[C@@H]3[C@H]2C(=O)N1. The monoisotopic (exact) mass is 546 g/mol. The van der Waals surface area contributed by atoms with Crippen LogP contribution in [0.15, 0.2) is 12.2 Å². The van der Waals surface area contributed by atoms with Gasteiger partial charge in [0, 0.05) is 19.0 Å². The van der Waals surface area contributed by atoms with Gasteiger partial charge < -0.3 is 30.3 Å². The molecule has 3 fully saturated rings. The van der Waals surface area contributed by atoms with Crippen LogP contribution in [0.3, 0.4) is 0 Å². The van der Waals surface area contributed by atoms with Crippen molar-refractivity contribution in [2.45, 2.75) is 89.4 Å². The van der Waals surface area contributed by atoms with E-state index in [4.69, 9.17) is 9.47 Å². The second-order valence-corrected chi connectivity index (χ2v) is 12.2. The van der Waals surface area contributed by atoms with E-state index in [-0.39, 0.29) is 36.0 Å². The van der Waals surface area contributed by atoms with Gasteiger partial charge in [-0.1, -0.05) is 18.6 Å². The van der Waals surface area contributed by atoms with Crippen LogP contribution in [0.4, 0.5) is 4.79 Å². The van der Waals surface area contributed by atoms with Crippen LogP contribution in [-0.2, 0) is 28.7 Å². The first-order chi connectivity index (χ1) is 18.5. The van der Waals surface area contributed by atoms with Crippen LogP contribution in [0.1, 0.15) is 65.7 Å². The maximum atomic E-state index is 13.9. The summed E-state index contributed by atoms with van der Waals surface area (Å²) < 4.78 is 10.4. The molecule has 1 aliphatic carbocycles. The normalized spacial score (nSPS) is 34.4. The molecule has 3 aliphatic heterocycles. The van der Waals surface area contributed by atoms with Gasteiger partial charge in [-0.05, 0) is 77.0 Å². The second-order valence-electron chi connectivity index (χ2n) is 12.2. The summed E-state index contributed by atoms with van der Waals surface area (Å²) in [5.41, 5.74) is -0.735. The zero-order chi connectivity index (χ0) is 28.3. The Balaban J connectivity index is 1.67. The number of alkyl carbamates (subject to hydrolysis) is 1. The van der Waals surface area contributed by atoms with E-state index >= 15 is 0 Å². The van der Waals surface area contributed by atoms with Gasteiger partial charge in [0.25, 0.3) is 0 Å². The van der Waals surface area contributed by atoms with Gasteiger partial charge in [0.2, 0.25) is 17.7 Å². The lowest BCUT2D eigenvalue weighted by Crippen LogP contribution is -2.57. The van der Waals surface area contributed by atoms with Gasteiger partial charge in [0.1, 0.15) is 23.7 Å². The summed E-state index contributed by atoms with van der Waals surface area (Å²) in [5, 5.41) is 8.46. The van der Waals surface area contributed by atoms with Crippen molar-refractivity contribution in [3.8, 4) is 0 Å². The number of carbonyl (C=O) groups is 5. The number of nitrogens with zero attached hydrogens (tertiary/aromatic N) is 1. The molecule has 3 N–H and O–H groups in total. The van der Waals surface area contributed by atoms with Crippen molar-refractivity contribution in [3.63, 3.8) is 0 Å². The number of ether oxygens (including phenoxy) is 2. The summed E-state index contributed by atoms with van der Waals surface area (Å²) in [6, 6.07) is -2.68. The average Bonchev–Trinajstić information content (AvgIpc) is 3.46. The maximum Gasteiger partial charge on any atom is 0.408 e. The number of hydrogen-bond acceptors (Lipinski definition) is 7. The van der Waals surface area contributed by atoms with Crippen LogP contribution >= 0.6 is 0 Å². The number of nitrogens with one attached hydrogen (secondary N) is 3. The van der Waals surface area contributed by atoms with E-state index in [2.05, 4.69) is 16.0 Å². The smallest absolute Gasteiger partial charge is 0.408 e. The number of fused-ring (bicyclic) bond motifs is 4. The molecule has 0 bridgehead atoms. The number of hydrogen-bond donors (Lipinski definition) is 3. The fourth-order valence-electron chi connectivity index (χ4n) is 6.58. The molecule has 0 aromatic rings. The highest BCUT2D eigenvalue weighted by Crippen LogP contribution is 2.43.